The lowest BCUT2D eigenvalue weighted by Crippen LogP contribution is -2.36. The van der Waals surface area contributed by atoms with E-state index in [2.05, 4.69) is 19.4 Å². The molecular weight excluding hydrogens is 268 g/mol. The molecule has 6 heteroatoms. The Balaban J connectivity index is 1.69. The Morgan fingerprint density at radius 2 is 2.00 bits per heavy atom. The fourth-order valence-corrected chi connectivity index (χ4v) is 2.77. The monoisotopic (exact) mass is 294 g/mol. The molecule has 1 N–H and O–H groups in total. The van der Waals surface area contributed by atoms with E-state index in [1.807, 2.05) is 12.5 Å². The van der Waals surface area contributed by atoms with E-state index >= 15 is 0 Å². The molecule has 0 amide bonds. The average Bonchev–Trinajstić information content (AvgIpc) is 3.14. The molecule has 118 valence electrons. The molecule has 0 aliphatic carbocycles. The maximum atomic E-state index is 10.8. The van der Waals surface area contributed by atoms with E-state index in [0.29, 0.717) is 6.54 Å². The number of aliphatic carboxylic acids is 1. The van der Waals surface area contributed by atoms with Gasteiger partial charge in [0.05, 0.1) is 12.7 Å². The first kappa shape index (κ1) is 16.0. The van der Waals surface area contributed by atoms with Crippen LogP contribution in [0.4, 0.5) is 0 Å². The summed E-state index contributed by atoms with van der Waals surface area (Å²) in [4.78, 5) is 19.6. The zero-order chi connectivity index (χ0) is 14.9. The van der Waals surface area contributed by atoms with Crippen LogP contribution < -0.4 is 0 Å². The number of aryl methyl sites for hydroxylation is 1. The molecular formula is C15H26N4O2. The number of hydrogen-bond donors (Lipinski definition) is 1. The number of hydrogen-bond acceptors (Lipinski definition) is 4. The first-order chi connectivity index (χ1) is 10.2. The number of rotatable bonds is 10. The minimum Gasteiger partial charge on any atom is -0.481 e. The molecule has 2 rings (SSSR count). The number of imidazole rings is 1. The highest BCUT2D eigenvalue weighted by Crippen LogP contribution is 2.07. The van der Waals surface area contributed by atoms with E-state index < -0.39 is 5.97 Å². The van der Waals surface area contributed by atoms with Gasteiger partial charge in [-0.05, 0) is 38.9 Å². The van der Waals surface area contributed by atoms with Crippen molar-refractivity contribution in [3.05, 3.63) is 18.7 Å². The van der Waals surface area contributed by atoms with Gasteiger partial charge in [-0.3, -0.25) is 4.79 Å². The topological polar surface area (TPSA) is 61.6 Å². The minimum atomic E-state index is -0.712. The van der Waals surface area contributed by atoms with Crippen LogP contribution in [0.3, 0.4) is 0 Å². The van der Waals surface area contributed by atoms with Crippen molar-refractivity contribution in [3.63, 3.8) is 0 Å². The minimum absolute atomic E-state index is 0.227. The highest BCUT2D eigenvalue weighted by atomic mass is 16.4. The van der Waals surface area contributed by atoms with Crippen LogP contribution >= 0.6 is 0 Å². The van der Waals surface area contributed by atoms with Gasteiger partial charge < -0.3 is 19.5 Å². The van der Waals surface area contributed by atoms with Gasteiger partial charge in [0.15, 0.2) is 0 Å². The van der Waals surface area contributed by atoms with E-state index in [1.165, 1.54) is 25.9 Å². The number of carbonyl (C=O) groups is 1. The molecule has 0 atom stereocenters. The highest BCUT2D eigenvalue weighted by Gasteiger charge is 2.13. The Morgan fingerprint density at radius 3 is 2.67 bits per heavy atom. The van der Waals surface area contributed by atoms with Gasteiger partial charge in [-0.25, -0.2) is 4.98 Å². The molecule has 0 spiro atoms. The summed E-state index contributed by atoms with van der Waals surface area (Å²) in [6.45, 7) is 6.95. The van der Waals surface area contributed by atoms with Crippen LogP contribution in [0, 0.1) is 0 Å². The largest absolute Gasteiger partial charge is 0.481 e. The van der Waals surface area contributed by atoms with Crippen LogP contribution in [0.25, 0.3) is 0 Å². The molecule has 1 fully saturated rings. The maximum absolute atomic E-state index is 10.8. The third kappa shape index (κ3) is 6.27. The number of carboxylic acid groups (broad SMARTS) is 1. The third-order valence-electron chi connectivity index (χ3n) is 4.02. The Labute approximate surface area is 126 Å². The molecule has 1 aromatic heterocycles. The second-order valence-corrected chi connectivity index (χ2v) is 5.69. The van der Waals surface area contributed by atoms with E-state index in [-0.39, 0.29) is 6.42 Å². The van der Waals surface area contributed by atoms with Crippen molar-refractivity contribution in [2.45, 2.75) is 32.2 Å². The molecule has 0 unspecified atom stereocenters. The van der Waals surface area contributed by atoms with Gasteiger partial charge in [0.1, 0.15) is 0 Å². The predicted octanol–water partition coefficient (Wildman–Crippen LogP) is 1.15. The summed E-state index contributed by atoms with van der Waals surface area (Å²) < 4.78 is 2.07. The van der Waals surface area contributed by atoms with Gasteiger partial charge in [0.2, 0.25) is 0 Å². The molecule has 1 saturated heterocycles. The predicted molar refractivity (Wildman–Crippen MR) is 81.2 cm³/mol. The molecule has 6 nitrogen and oxygen atoms in total. The quantitative estimate of drug-likeness (QED) is 0.701. The van der Waals surface area contributed by atoms with E-state index in [0.717, 1.165) is 32.6 Å². The lowest BCUT2D eigenvalue weighted by atomic mass is 10.3. The van der Waals surface area contributed by atoms with Gasteiger partial charge in [0, 0.05) is 38.6 Å². The normalized spacial score (nSPS) is 15.9. The molecule has 2 heterocycles. The molecule has 0 radical (unpaired) electrons. The smallest absolute Gasteiger partial charge is 0.304 e. The van der Waals surface area contributed by atoms with Crippen LogP contribution in [-0.2, 0) is 11.3 Å². The van der Waals surface area contributed by atoms with Crippen molar-refractivity contribution in [1.82, 2.24) is 19.4 Å². The second kappa shape index (κ2) is 8.79. The fraction of sp³-hybridized carbons (Fsp3) is 0.733. The molecule has 1 aliphatic rings. The van der Waals surface area contributed by atoms with Crippen LogP contribution in [0.15, 0.2) is 18.7 Å². The fourth-order valence-electron chi connectivity index (χ4n) is 2.77. The average molecular weight is 294 g/mol. The summed E-state index contributed by atoms with van der Waals surface area (Å²) in [6.07, 6.45) is 9.43. The number of nitrogens with zero attached hydrogens (tertiary/aromatic N) is 4. The Morgan fingerprint density at radius 1 is 1.19 bits per heavy atom. The van der Waals surface area contributed by atoms with Gasteiger partial charge >= 0.3 is 5.97 Å². The van der Waals surface area contributed by atoms with Crippen molar-refractivity contribution in [2.75, 3.05) is 39.3 Å². The van der Waals surface area contributed by atoms with Crippen LogP contribution in [0.1, 0.15) is 25.7 Å². The molecule has 0 saturated carbocycles. The van der Waals surface area contributed by atoms with Crippen molar-refractivity contribution >= 4 is 5.97 Å². The Hall–Kier alpha value is -1.40. The van der Waals surface area contributed by atoms with E-state index in [1.54, 1.807) is 6.20 Å². The maximum Gasteiger partial charge on any atom is 0.304 e. The lowest BCUT2D eigenvalue weighted by molar-refractivity contribution is -0.137. The van der Waals surface area contributed by atoms with Gasteiger partial charge in [-0.1, -0.05) is 0 Å². The summed E-state index contributed by atoms with van der Waals surface area (Å²) in [5.74, 6) is -0.712. The SMILES string of the molecule is O=C(O)CCN(CCCn1ccnc1)CCN1CCCC1. The van der Waals surface area contributed by atoms with Crippen molar-refractivity contribution in [1.29, 1.82) is 0 Å². The molecule has 21 heavy (non-hydrogen) atoms. The first-order valence-corrected chi connectivity index (χ1v) is 7.86. The van der Waals surface area contributed by atoms with Crippen molar-refractivity contribution in [3.8, 4) is 0 Å². The second-order valence-electron chi connectivity index (χ2n) is 5.69. The zero-order valence-electron chi connectivity index (χ0n) is 12.7. The van der Waals surface area contributed by atoms with E-state index in [4.69, 9.17) is 5.11 Å². The molecule has 1 aliphatic heterocycles. The van der Waals surface area contributed by atoms with Crippen LogP contribution in [0.5, 0.6) is 0 Å². The molecule has 0 aromatic carbocycles. The Kier molecular flexibility index (Phi) is 6.69. The van der Waals surface area contributed by atoms with Crippen LogP contribution in [0.2, 0.25) is 0 Å². The number of aromatic nitrogens is 2. The lowest BCUT2D eigenvalue weighted by Gasteiger charge is -2.24. The van der Waals surface area contributed by atoms with Crippen LogP contribution in [-0.4, -0.2) is 69.7 Å². The summed E-state index contributed by atoms with van der Waals surface area (Å²) in [6, 6.07) is 0. The van der Waals surface area contributed by atoms with Gasteiger partial charge in [0.25, 0.3) is 0 Å². The highest BCUT2D eigenvalue weighted by molar-refractivity contribution is 5.66. The van der Waals surface area contributed by atoms with Crippen molar-refractivity contribution in [2.24, 2.45) is 0 Å². The first-order valence-electron chi connectivity index (χ1n) is 7.86. The standard InChI is InChI=1S/C15H26N4O2/c20-15(21)4-10-18(13-12-17-6-1-2-7-17)8-3-9-19-11-5-16-14-19/h5,11,14H,1-4,6-10,12-13H2,(H,20,21). The summed E-state index contributed by atoms with van der Waals surface area (Å²) in [7, 11) is 0. The summed E-state index contributed by atoms with van der Waals surface area (Å²) in [5.41, 5.74) is 0. The zero-order valence-corrected chi connectivity index (χ0v) is 12.7. The summed E-state index contributed by atoms with van der Waals surface area (Å²) >= 11 is 0. The van der Waals surface area contributed by atoms with Gasteiger partial charge in [-0.2, -0.15) is 0 Å². The van der Waals surface area contributed by atoms with E-state index in [9.17, 15) is 4.79 Å². The number of carboxylic acids is 1. The third-order valence-corrected chi connectivity index (χ3v) is 4.02. The van der Waals surface area contributed by atoms with Gasteiger partial charge in [-0.15, -0.1) is 0 Å². The molecule has 0 bridgehead atoms. The summed E-state index contributed by atoms with van der Waals surface area (Å²) in [5, 5.41) is 8.87. The molecule has 1 aromatic rings. The Bertz CT molecular complexity index is 402. The number of likely N-dealkylation sites (tertiary alicyclic amines) is 1. The van der Waals surface area contributed by atoms with Crippen molar-refractivity contribution < 1.29 is 9.90 Å².